The van der Waals surface area contributed by atoms with Gasteiger partial charge in [-0.2, -0.15) is 5.10 Å². The smallest absolute Gasteiger partial charge is 0.124 e. The Morgan fingerprint density at radius 1 is 1.14 bits per heavy atom. The molecule has 1 aliphatic rings. The Hall–Kier alpha value is -1.68. The van der Waals surface area contributed by atoms with Crippen LogP contribution >= 0.6 is 0 Å². The maximum Gasteiger partial charge on any atom is 0.124 e. The topological polar surface area (TPSA) is 40.7 Å². The number of aryl methyl sites for hydroxylation is 1. The number of aromatic nitrogens is 2. The van der Waals surface area contributed by atoms with Crippen LogP contribution in [0.15, 0.2) is 24.3 Å². The summed E-state index contributed by atoms with van der Waals surface area (Å²) >= 11 is 0. The van der Waals surface area contributed by atoms with E-state index in [1.807, 2.05) is 20.0 Å². The fourth-order valence-corrected chi connectivity index (χ4v) is 3.27. The molecule has 4 heteroatoms. The van der Waals surface area contributed by atoms with Crippen LogP contribution in [0, 0.1) is 12.7 Å². The fraction of sp³-hybridized carbons (Fsp3) is 0.471. The molecule has 0 radical (unpaired) electrons. The Morgan fingerprint density at radius 3 is 2.57 bits per heavy atom. The van der Waals surface area contributed by atoms with Gasteiger partial charge in [-0.25, -0.2) is 4.39 Å². The molecule has 0 amide bonds. The van der Waals surface area contributed by atoms with E-state index >= 15 is 0 Å². The number of hydrogen-bond acceptors (Lipinski definition) is 2. The first-order valence-corrected chi connectivity index (χ1v) is 7.66. The van der Waals surface area contributed by atoms with Crippen molar-refractivity contribution in [2.45, 2.75) is 44.6 Å². The predicted molar refractivity (Wildman–Crippen MR) is 82.8 cm³/mol. The molecule has 0 aliphatic heterocycles. The van der Waals surface area contributed by atoms with E-state index in [4.69, 9.17) is 0 Å². The minimum Gasteiger partial charge on any atom is -0.317 e. The first kappa shape index (κ1) is 14.3. The van der Waals surface area contributed by atoms with E-state index in [-0.39, 0.29) is 5.82 Å². The third-order valence-electron chi connectivity index (χ3n) is 4.51. The molecule has 3 rings (SSSR count). The highest BCUT2D eigenvalue weighted by atomic mass is 19.1. The van der Waals surface area contributed by atoms with Gasteiger partial charge < -0.3 is 5.32 Å². The van der Waals surface area contributed by atoms with Crippen LogP contribution in [0.3, 0.4) is 0 Å². The molecule has 1 saturated carbocycles. The van der Waals surface area contributed by atoms with Crippen LogP contribution < -0.4 is 5.32 Å². The van der Waals surface area contributed by atoms with E-state index in [1.165, 1.54) is 37.4 Å². The molecule has 3 nitrogen and oxygen atoms in total. The lowest BCUT2D eigenvalue weighted by Gasteiger charge is -2.27. The molecule has 1 aliphatic carbocycles. The quantitative estimate of drug-likeness (QED) is 0.902. The maximum atomic E-state index is 13.5. The summed E-state index contributed by atoms with van der Waals surface area (Å²) < 4.78 is 13.5. The van der Waals surface area contributed by atoms with Crippen molar-refractivity contribution >= 4 is 0 Å². The number of halogens is 1. The normalized spacial score (nSPS) is 22.4. The van der Waals surface area contributed by atoms with Crippen LogP contribution in [0.1, 0.15) is 42.9 Å². The standard InChI is InChI=1S/C17H22FN3/c1-11-7-13(9-14(18)8-11)17-10-16(20-21-17)12-3-5-15(19-2)6-4-12/h7-10,12,15,19H,3-6H2,1-2H3,(H,20,21). The van der Waals surface area contributed by atoms with Crippen molar-refractivity contribution in [2.24, 2.45) is 0 Å². The van der Waals surface area contributed by atoms with Crippen LogP contribution in [-0.2, 0) is 0 Å². The van der Waals surface area contributed by atoms with E-state index < -0.39 is 0 Å². The number of nitrogens with zero attached hydrogens (tertiary/aromatic N) is 1. The highest BCUT2D eigenvalue weighted by Crippen LogP contribution is 2.33. The van der Waals surface area contributed by atoms with Crippen molar-refractivity contribution < 1.29 is 4.39 Å². The third kappa shape index (κ3) is 3.16. The van der Waals surface area contributed by atoms with E-state index in [0.717, 1.165) is 16.8 Å². The molecular weight excluding hydrogens is 265 g/mol. The SMILES string of the molecule is CNC1CCC(c2cc(-c3cc(C)cc(F)c3)n[nH]2)CC1. The number of H-pyrrole nitrogens is 1. The average Bonchev–Trinajstić information content (AvgIpc) is 2.96. The van der Waals surface area contributed by atoms with Crippen molar-refractivity contribution in [1.29, 1.82) is 0 Å². The number of benzene rings is 1. The van der Waals surface area contributed by atoms with Crippen molar-refractivity contribution in [3.63, 3.8) is 0 Å². The van der Waals surface area contributed by atoms with Gasteiger partial charge in [0.1, 0.15) is 5.82 Å². The molecular formula is C17H22FN3. The van der Waals surface area contributed by atoms with Gasteiger partial charge in [0.05, 0.1) is 5.69 Å². The Bertz CT molecular complexity index is 592. The van der Waals surface area contributed by atoms with Crippen LogP contribution in [0.4, 0.5) is 4.39 Å². The number of aromatic amines is 1. The van der Waals surface area contributed by atoms with Gasteiger partial charge in [-0.1, -0.05) is 0 Å². The first-order valence-electron chi connectivity index (χ1n) is 7.66. The van der Waals surface area contributed by atoms with Crippen LogP contribution in [0.25, 0.3) is 11.3 Å². The molecule has 2 N–H and O–H groups in total. The van der Waals surface area contributed by atoms with Gasteiger partial charge in [0.15, 0.2) is 0 Å². The third-order valence-corrected chi connectivity index (χ3v) is 4.51. The summed E-state index contributed by atoms with van der Waals surface area (Å²) in [7, 11) is 2.03. The van der Waals surface area contributed by atoms with Crippen molar-refractivity contribution in [3.05, 3.63) is 41.3 Å². The molecule has 2 aromatic rings. The van der Waals surface area contributed by atoms with E-state index in [0.29, 0.717) is 12.0 Å². The average molecular weight is 287 g/mol. The summed E-state index contributed by atoms with van der Waals surface area (Å²) in [4.78, 5) is 0. The second-order valence-electron chi connectivity index (χ2n) is 6.06. The van der Waals surface area contributed by atoms with Crippen LogP contribution in [0.2, 0.25) is 0 Å². The number of rotatable bonds is 3. The molecule has 21 heavy (non-hydrogen) atoms. The van der Waals surface area contributed by atoms with E-state index in [2.05, 4.69) is 21.6 Å². The van der Waals surface area contributed by atoms with E-state index in [9.17, 15) is 4.39 Å². The Labute approximate surface area is 125 Å². The van der Waals surface area contributed by atoms with Crippen LogP contribution in [-0.4, -0.2) is 23.3 Å². The highest BCUT2D eigenvalue weighted by Gasteiger charge is 2.23. The zero-order valence-electron chi connectivity index (χ0n) is 12.6. The zero-order chi connectivity index (χ0) is 14.8. The molecule has 1 aromatic carbocycles. The minimum absolute atomic E-state index is 0.205. The molecule has 1 heterocycles. The summed E-state index contributed by atoms with van der Waals surface area (Å²) in [6, 6.07) is 7.79. The second kappa shape index (κ2) is 5.98. The Kier molecular flexibility index (Phi) is 4.06. The summed E-state index contributed by atoms with van der Waals surface area (Å²) in [5.74, 6) is 0.342. The summed E-state index contributed by atoms with van der Waals surface area (Å²) in [5, 5.41) is 10.9. The fourth-order valence-electron chi connectivity index (χ4n) is 3.27. The largest absolute Gasteiger partial charge is 0.317 e. The predicted octanol–water partition coefficient (Wildman–Crippen LogP) is 3.77. The van der Waals surface area contributed by atoms with Gasteiger partial charge >= 0.3 is 0 Å². The maximum absolute atomic E-state index is 13.5. The highest BCUT2D eigenvalue weighted by molar-refractivity contribution is 5.60. The number of hydrogen-bond donors (Lipinski definition) is 2. The van der Waals surface area contributed by atoms with Gasteiger partial charge in [0.25, 0.3) is 0 Å². The molecule has 0 bridgehead atoms. The minimum atomic E-state index is -0.205. The first-order chi connectivity index (χ1) is 10.2. The Morgan fingerprint density at radius 2 is 1.90 bits per heavy atom. The summed E-state index contributed by atoms with van der Waals surface area (Å²) in [6.07, 6.45) is 4.76. The molecule has 0 saturated heterocycles. The van der Waals surface area contributed by atoms with Gasteiger partial charge in [-0.05, 0) is 69.5 Å². The lowest BCUT2D eigenvalue weighted by atomic mass is 9.84. The van der Waals surface area contributed by atoms with E-state index in [1.54, 1.807) is 6.07 Å². The molecule has 0 spiro atoms. The van der Waals surface area contributed by atoms with Crippen molar-refractivity contribution in [3.8, 4) is 11.3 Å². The van der Waals surface area contributed by atoms with Crippen molar-refractivity contribution in [2.75, 3.05) is 7.05 Å². The van der Waals surface area contributed by atoms with Crippen LogP contribution in [0.5, 0.6) is 0 Å². The van der Waals surface area contributed by atoms with Gasteiger partial charge in [-0.3, -0.25) is 5.10 Å². The van der Waals surface area contributed by atoms with Gasteiger partial charge in [0.2, 0.25) is 0 Å². The molecule has 1 fully saturated rings. The van der Waals surface area contributed by atoms with Crippen molar-refractivity contribution in [1.82, 2.24) is 15.5 Å². The molecule has 112 valence electrons. The monoisotopic (exact) mass is 287 g/mol. The molecule has 0 atom stereocenters. The van der Waals surface area contributed by atoms with Gasteiger partial charge in [0, 0.05) is 23.2 Å². The summed E-state index contributed by atoms with van der Waals surface area (Å²) in [5.41, 5.74) is 3.78. The zero-order valence-corrected chi connectivity index (χ0v) is 12.6. The lowest BCUT2D eigenvalue weighted by Crippen LogP contribution is -2.29. The van der Waals surface area contributed by atoms with Gasteiger partial charge in [-0.15, -0.1) is 0 Å². The Balaban J connectivity index is 1.77. The molecule has 0 unspecified atom stereocenters. The second-order valence-corrected chi connectivity index (χ2v) is 6.06. The molecule has 1 aromatic heterocycles. The lowest BCUT2D eigenvalue weighted by molar-refractivity contribution is 0.355. The number of nitrogens with one attached hydrogen (secondary N) is 2. The summed E-state index contributed by atoms with van der Waals surface area (Å²) in [6.45, 7) is 1.90.